The summed E-state index contributed by atoms with van der Waals surface area (Å²) in [6.07, 6.45) is 4.16. The van der Waals surface area contributed by atoms with Gasteiger partial charge in [0.2, 0.25) is 0 Å². The van der Waals surface area contributed by atoms with Crippen LogP contribution in [0.15, 0.2) is 24.4 Å². The number of thiazole rings is 1. The predicted molar refractivity (Wildman–Crippen MR) is 82.0 cm³/mol. The summed E-state index contributed by atoms with van der Waals surface area (Å²) in [5, 5.41) is 10.1. The van der Waals surface area contributed by atoms with E-state index in [1.807, 2.05) is 25.2 Å². The van der Waals surface area contributed by atoms with Gasteiger partial charge in [-0.3, -0.25) is 9.78 Å². The van der Waals surface area contributed by atoms with Gasteiger partial charge in [0, 0.05) is 36.8 Å². The van der Waals surface area contributed by atoms with Crippen LogP contribution in [-0.4, -0.2) is 34.6 Å². The Morgan fingerprint density at radius 1 is 1.52 bits per heavy atom. The van der Waals surface area contributed by atoms with E-state index in [2.05, 4.69) is 14.9 Å². The molecule has 0 aliphatic heterocycles. The fraction of sp³-hybridized carbons (Fsp3) is 0.400. The molecule has 3 rings (SSSR count). The molecule has 0 bridgehead atoms. The molecular weight excluding hydrogens is 286 g/mol. The Morgan fingerprint density at radius 2 is 2.38 bits per heavy atom. The van der Waals surface area contributed by atoms with Crippen LogP contribution in [0.3, 0.4) is 0 Å². The molecule has 6 heteroatoms. The van der Waals surface area contributed by atoms with Crippen molar-refractivity contribution in [3.8, 4) is 0 Å². The molecule has 2 aromatic heterocycles. The standard InChI is InChI=1S/C15H17N3O2S/c1-18(9-7-10-4-2-3-8-16-10)15-17-13-11(14(19)20)5-6-12(13)21-15/h2-4,8,11H,5-7,9H2,1H3,(H,19,20). The van der Waals surface area contributed by atoms with Crippen LogP contribution < -0.4 is 4.90 Å². The molecule has 110 valence electrons. The van der Waals surface area contributed by atoms with Gasteiger partial charge in [0.15, 0.2) is 5.13 Å². The van der Waals surface area contributed by atoms with Crippen molar-refractivity contribution in [1.82, 2.24) is 9.97 Å². The zero-order valence-corrected chi connectivity index (χ0v) is 12.6. The molecule has 2 heterocycles. The number of rotatable bonds is 5. The maximum absolute atomic E-state index is 11.2. The van der Waals surface area contributed by atoms with Gasteiger partial charge in [0.1, 0.15) is 5.92 Å². The van der Waals surface area contributed by atoms with Crippen molar-refractivity contribution < 1.29 is 9.90 Å². The van der Waals surface area contributed by atoms with Crippen molar-refractivity contribution >= 4 is 22.4 Å². The van der Waals surface area contributed by atoms with Crippen LogP contribution in [-0.2, 0) is 17.6 Å². The van der Waals surface area contributed by atoms with Gasteiger partial charge in [-0.25, -0.2) is 4.98 Å². The SMILES string of the molecule is CN(CCc1ccccn1)c1nc2c(s1)CCC2C(=O)O. The summed E-state index contributed by atoms with van der Waals surface area (Å²) in [4.78, 5) is 23.3. The molecule has 1 aliphatic rings. The highest BCUT2D eigenvalue weighted by molar-refractivity contribution is 7.15. The highest BCUT2D eigenvalue weighted by atomic mass is 32.1. The Bertz CT molecular complexity index is 642. The minimum Gasteiger partial charge on any atom is -0.481 e. The molecule has 0 radical (unpaired) electrons. The van der Waals surface area contributed by atoms with Gasteiger partial charge in [-0.15, -0.1) is 11.3 Å². The summed E-state index contributed by atoms with van der Waals surface area (Å²) in [6, 6.07) is 5.90. The Hall–Kier alpha value is -1.95. The number of hydrogen-bond acceptors (Lipinski definition) is 5. The number of carboxylic acids is 1. The maximum atomic E-state index is 11.2. The second-order valence-electron chi connectivity index (χ2n) is 5.23. The van der Waals surface area contributed by atoms with Gasteiger partial charge in [0.05, 0.1) is 5.69 Å². The van der Waals surface area contributed by atoms with Crippen LogP contribution in [0.1, 0.15) is 28.6 Å². The first kappa shape index (κ1) is 14.0. The summed E-state index contributed by atoms with van der Waals surface area (Å²) in [5.74, 6) is -1.18. The van der Waals surface area contributed by atoms with E-state index in [9.17, 15) is 9.90 Å². The van der Waals surface area contributed by atoms with Gasteiger partial charge in [-0.2, -0.15) is 0 Å². The Morgan fingerprint density at radius 3 is 3.10 bits per heavy atom. The molecule has 1 atom stereocenters. The zero-order chi connectivity index (χ0) is 14.8. The number of aliphatic carboxylic acids is 1. The lowest BCUT2D eigenvalue weighted by Gasteiger charge is -2.15. The Labute approximate surface area is 127 Å². The maximum Gasteiger partial charge on any atom is 0.312 e. The summed E-state index contributed by atoms with van der Waals surface area (Å²) < 4.78 is 0. The molecule has 0 aromatic carbocycles. The van der Waals surface area contributed by atoms with Gasteiger partial charge >= 0.3 is 5.97 Å². The van der Waals surface area contributed by atoms with E-state index in [-0.39, 0.29) is 0 Å². The number of pyridine rings is 1. The van der Waals surface area contributed by atoms with Crippen molar-refractivity contribution in [3.05, 3.63) is 40.7 Å². The van der Waals surface area contributed by atoms with E-state index in [1.54, 1.807) is 17.5 Å². The van der Waals surface area contributed by atoms with Crippen molar-refractivity contribution in [1.29, 1.82) is 0 Å². The van der Waals surface area contributed by atoms with Crippen molar-refractivity contribution in [2.24, 2.45) is 0 Å². The van der Waals surface area contributed by atoms with Crippen molar-refractivity contribution in [3.63, 3.8) is 0 Å². The van der Waals surface area contributed by atoms with E-state index in [0.29, 0.717) is 6.42 Å². The predicted octanol–water partition coefficient (Wildman–Crippen LogP) is 2.33. The highest BCUT2D eigenvalue weighted by Gasteiger charge is 2.32. The molecular formula is C15H17N3O2S. The van der Waals surface area contributed by atoms with Gasteiger partial charge < -0.3 is 10.0 Å². The number of carbonyl (C=O) groups is 1. The minimum atomic E-state index is -0.762. The van der Waals surface area contributed by atoms with Crippen LogP contribution in [0.2, 0.25) is 0 Å². The molecule has 1 N–H and O–H groups in total. The number of carboxylic acid groups (broad SMARTS) is 1. The lowest BCUT2D eigenvalue weighted by molar-refractivity contribution is -0.138. The normalized spacial score (nSPS) is 16.7. The number of nitrogens with zero attached hydrogens (tertiary/aromatic N) is 3. The van der Waals surface area contributed by atoms with E-state index in [4.69, 9.17) is 0 Å². The number of hydrogen-bond donors (Lipinski definition) is 1. The molecule has 5 nitrogen and oxygen atoms in total. The number of anilines is 1. The lowest BCUT2D eigenvalue weighted by Crippen LogP contribution is -2.20. The van der Waals surface area contributed by atoms with Gasteiger partial charge in [-0.1, -0.05) is 6.07 Å². The van der Waals surface area contributed by atoms with E-state index < -0.39 is 11.9 Å². The third-order valence-corrected chi connectivity index (χ3v) is 5.01. The minimum absolute atomic E-state index is 0.422. The molecule has 0 saturated carbocycles. The zero-order valence-electron chi connectivity index (χ0n) is 11.8. The largest absolute Gasteiger partial charge is 0.481 e. The van der Waals surface area contributed by atoms with Crippen LogP contribution in [0.5, 0.6) is 0 Å². The summed E-state index contributed by atoms with van der Waals surface area (Å²) in [5.41, 5.74) is 1.82. The topological polar surface area (TPSA) is 66.3 Å². The van der Waals surface area contributed by atoms with Crippen LogP contribution in [0, 0.1) is 0 Å². The first-order valence-electron chi connectivity index (χ1n) is 6.98. The van der Waals surface area contributed by atoms with Crippen LogP contribution in [0.4, 0.5) is 5.13 Å². The smallest absolute Gasteiger partial charge is 0.312 e. The Kier molecular flexibility index (Phi) is 3.88. The molecule has 21 heavy (non-hydrogen) atoms. The van der Waals surface area contributed by atoms with E-state index >= 15 is 0 Å². The highest BCUT2D eigenvalue weighted by Crippen LogP contribution is 2.39. The molecule has 0 spiro atoms. The lowest BCUT2D eigenvalue weighted by atomic mass is 10.1. The molecule has 0 amide bonds. The molecule has 0 fully saturated rings. The first-order chi connectivity index (χ1) is 10.1. The summed E-state index contributed by atoms with van der Waals surface area (Å²) in [6.45, 7) is 0.821. The van der Waals surface area contributed by atoms with E-state index in [1.165, 1.54) is 0 Å². The third-order valence-electron chi connectivity index (χ3n) is 3.76. The van der Waals surface area contributed by atoms with Crippen LogP contribution >= 0.6 is 11.3 Å². The van der Waals surface area contributed by atoms with Gasteiger partial charge in [-0.05, 0) is 25.0 Å². The second kappa shape index (κ2) is 5.81. The summed E-state index contributed by atoms with van der Waals surface area (Å²) >= 11 is 1.62. The third kappa shape index (κ3) is 2.90. The number of aryl methyl sites for hydroxylation is 1. The fourth-order valence-corrected chi connectivity index (χ4v) is 3.67. The molecule has 0 saturated heterocycles. The van der Waals surface area contributed by atoms with Crippen molar-refractivity contribution in [2.75, 3.05) is 18.5 Å². The first-order valence-corrected chi connectivity index (χ1v) is 7.80. The average Bonchev–Trinajstić information content (AvgIpc) is 3.05. The summed E-state index contributed by atoms with van der Waals surface area (Å²) in [7, 11) is 1.99. The van der Waals surface area contributed by atoms with Crippen molar-refractivity contribution in [2.45, 2.75) is 25.2 Å². The molecule has 1 unspecified atom stereocenters. The molecule has 2 aromatic rings. The number of aromatic nitrogens is 2. The quantitative estimate of drug-likeness (QED) is 0.918. The van der Waals surface area contributed by atoms with Crippen LogP contribution in [0.25, 0.3) is 0 Å². The average molecular weight is 303 g/mol. The van der Waals surface area contributed by atoms with E-state index in [0.717, 1.165) is 40.8 Å². The monoisotopic (exact) mass is 303 g/mol. The number of likely N-dealkylation sites (N-methyl/N-ethyl adjacent to an activating group) is 1. The Balaban J connectivity index is 1.68. The number of fused-ring (bicyclic) bond motifs is 1. The fourth-order valence-electron chi connectivity index (χ4n) is 2.54. The van der Waals surface area contributed by atoms with Gasteiger partial charge in [0.25, 0.3) is 0 Å². The molecule has 1 aliphatic carbocycles. The second-order valence-corrected chi connectivity index (χ2v) is 6.29.